The summed E-state index contributed by atoms with van der Waals surface area (Å²) in [5.41, 5.74) is 2.22. The first-order valence-corrected chi connectivity index (χ1v) is 8.23. The van der Waals surface area contributed by atoms with Crippen LogP contribution in [0.2, 0.25) is 0 Å². The predicted molar refractivity (Wildman–Crippen MR) is 79.3 cm³/mol. The van der Waals surface area contributed by atoms with E-state index in [0.29, 0.717) is 6.04 Å². The van der Waals surface area contributed by atoms with E-state index >= 15 is 0 Å². The number of hydrogen-bond donors (Lipinski definition) is 1. The zero-order chi connectivity index (χ0) is 13.2. The molecule has 1 saturated carbocycles. The van der Waals surface area contributed by atoms with Crippen LogP contribution in [0.25, 0.3) is 0 Å². The molecule has 2 heterocycles. The van der Waals surface area contributed by atoms with Crippen molar-refractivity contribution in [3.63, 3.8) is 0 Å². The summed E-state index contributed by atoms with van der Waals surface area (Å²) in [4.78, 5) is 11.8. The highest BCUT2D eigenvalue weighted by Crippen LogP contribution is 2.26. The largest absolute Gasteiger partial charge is 0.308 e. The van der Waals surface area contributed by atoms with Crippen LogP contribution in [0.15, 0.2) is 6.07 Å². The summed E-state index contributed by atoms with van der Waals surface area (Å²) >= 11 is 2.00. The molecule has 104 valence electrons. The molecule has 2 aliphatic rings. The van der Waals surface area contributed by atoms with Crippen LogP contribution in [0.5, 0.6) is 0 Å². The summed E-state index contributed by atoms with van der Waals surface area (Å²) in [7, 11) is 2.18. The van der Waals surface area contributed by atoms with Crippen LogP contribution >= 0.6 is 11.8 Å². The van der Waals surface area contributed by atoms with Gasteiger partial charge in [-0.2, -0.15) is 11.8 Å². The molecule has 1 aliphatic heterocycles. The number of nitrogens with zero attached hydrogens (tertiary/aromatic N) is 3. The molecule has 0 amide bonds. The molecule has 1 atom stereocenters. The Kier molecular flexibility index (Phi) is 4.05. The van der Waals surface area contributed by atoms with Gasteiger partial charge < -0.3 is 5.32 Å². The lowest BCUT2D eigenvalue weighted by Crippen LogP contribution is -2.34. The molecular formula is C14H22N4S. The van der Waals surface area contributed by atoms with Crippen molar-refractivity contribution in [2.45, 2.75) is 38.4 Å². The molecule has 1 aliphatic carbocycles. The molecule has 1 aromatic rings. The Hall–Kier alpha value is -0.650. The first kappa shape index (κ1) is 13.3. The van der Waals surface area contributed by atoms with E-state index in [1.165, 1.54) is 18.6 Å². The molecule has 0 spiro atoms. The van der Waals surface area contributed by atoms with Crippen LogP contribution in [0.3, 0.4) is 0 Å². The molecule has 1 unspecified atom stereocenters. The molecule has 19 heavy (non-hydrogen) atoms. The number of rotatable bonds is 4. The Morgan fingerprint density at radius 1 is 1.42 bits per heavy atom. The van der Waals surface area contributed by atoms with E-state index in [2.05, 4.69) is 35.2 Å². The molecule has 1 saturated heterocycles. The Balaban J connectivity index is 1.75. The average molecular weight is 278 g/mol. The molecule has 1 aromatic heterocycles. The van der Waals surface area contributed by atoms with Crippen molar-refractivity contribution in [3.8, 4) is 0 Å². The lowest BCUT2D eigenvalue weighted by atomic mass is 10.2. The van der Waals surface area contributed by atoms with Gasteiger partial charge in [-0.25, -0.2) is 9.97 Å². The fourth-order valence-electron chi connectivity index (χ4n) is 2.39. The maximum Gasteiger partial charge on any atom is 0.146 e. The summed E-state index contributed by atoms with van der Waals surface area (Å²) in [6.07, 6.45) is 2.64. The Bertz CT molecular complexity index is 447. The van der Waals surface area contributed by atoms with Gasteiger partial charge in [-0.05, 0) is 32.9 Å². The second-order valence-corrected chi connectivity index (χ2v) is 6.74. The molecule has 4 nitrogen and oxygen atoms in total. The number of aryl methyl sites for hydroxylation is 1. The van der Waals surface area contributed by atoms with Gasteiger partial charge >= 0.3 is 0 Å². The Morgan fingerprint density at radius 2 is 2.26 bits per heavy atom. The lowest BCUT2D eigenvalue weighted by molar-refractivity contribution is 0.263. The lowest BCUT2D eigenvalue weighted by Gasteiger charge is -2.31. The summed E-state index contributed by atoms with van der Waals surface area (Å²) in [6, 6.07) is 3.21. The van der Waals surface area contributed by atoms with E-state index in [-0.39, 0.29) is 0 Å². The number of thioether (sulfide) groups is 1. The molecule has 3 rings (SSSR count). The second kappa shape index (κ2) is 5.77. The van der Waals surface area contributed by atoms with Crippen molar-refractivity contribution < 1.29 is 0 Å². The van der Waals surface area contributed by atoms with Gasteiger partial charge in [0.15, 0.2) is 0 Å². The van der Waals surface area contributed by atoms with Gasteiger partial charge in [0, 0.05) is 36.3 Å². The molecule has 1 N–H and O–H groups in total. The van der Waals surface area contributed by atoms with Gasteiger partial charge in [-0.3, -0.25) is 4.90 Å². The van der Waals surface area contributed by atoms with Crippen molar-refractivity contribution in [2.75, 3.05) is 25.1 Å². The topological polar surface area (TPSA) is 41.1 Å². The normalized spacial score (nSPS) is 24.6. The van der Waals surface area contributed by atoms with Gasteiger partial charge in [0.25, 0.3) is 0 Å². The van der Waals surface area contributed by atoms with Crippen molar-refractivity contribution in [1.29, 1.82) is 0 Å². The zero-order valence-corrected chi connectivity index (χ0v) is 12.5. The Morgan fingerprint density at radius 3 is 3.00 bits per heavy atom. The SMILES string of the molecule is Cc1cc(CNC2CC2)nc(C2CSCCN2C)n1. The van der Waals surface area contributed by atoms with E-state index in [9.17, 15) is 0 Å². The van der Waals surface area contributed by atoms with E-state index in [4.69, 9.17) is 4.98 Å². The van der Waals surface area contributed by atoms with E-state index in [1.54, 1.807) is 0 Å². The standard InChI is InChI=1S/C14H22N4S/c1-10-7-12(8-15-11-3-4-11)17-14(16-10)13-9-19-6-5-18(13)2/h7,11,13,15H,3-6,8-9H2,1-2H3. The van der Waals surface area contributed by atoms with Gasteiger partial charge in [0.05, 0.1) is 11.7 Å². The van der Waals surface area contributed by atoms with Gasteiger partial charge in [0.1, 0.15) is 5.82 Å². The number of nitrogens with one attached hydrogen (secondary N) is 1. The summed E-state index contributed by atoms with van der Waals surface area (Å²) in [6.45, 7) is 4.08. The van der Waals surface area contributed by atoms with Crippen LogP contribution in [-0.2, 0) is 6.54 Å². The minimum atomic E-state index is 0.373. The third kappa shape index (κ3) is 3.46. The van der Waals surface area contributed by atoms with Crippen molar-refractivity contribution in [2.24, 2.45) is 0 Å². The smallest absolute Gasteiger partial charge is 0.146 e. The maximum atomic E-state index is 4.78. The van der Waals surface area contributed by atoms with Crippen LogP contribution in [-0.4, -0.2) is 46.0 Å². The molecule has 0 radical (unpaired) electrons. The van der Waals surface area contributed by atoms with Crippen LogP contribution in [0, 0.1) is 6.92 Å². The summed E-state index contributed by atoms with van der Waals surface area (Å²) < 4.78 is 0. The number of aromatic nitrogens is 2. The molecular weight excluding hydrogens is 256 g/mol. The van der Waals surface area contributed by atoms with E-state index in [1.807, 2.05) is 11.8 Å². The fraction of sp³-hybridized carbons (Fsp3) is 0.714. The molecule has 2 fully saturated rings. The predicted octanol–water partition coefficient (Wildman–Crippen LogP) is 1.76. The van der Waals surface area contributed by atoms with Crippen LogP contribution in [0.1, 0.15) is 36.1 Å². The third-order valence-corrected chi connectivity index (χ3v) is 4.79. The third-order valence-electron chi connectivity index (χ3n) is 3.77. The summed E-state index contributed by atoms with van der Waals surface area (Å²) in [5.74, 6) is 3.33. The first-order valence-electron chi connectivity index (χ1n) is 7.08. The highest BCUT2D eigenvalue weighted by atomic mass is 32.2. The maximum absolute atomic E-state index is 4.78. The zero-order valence-electron chi connectivity index (χ0n) is 11.7. The quantitative estimate of drug-likeness (QED) is 0.909. The number of hydrogen-bond acceptors (Lipinski definition) is 5. The van der Waals surface area contributed by atoms with E-state index < -0.39 is 0 Å². The van der Waals surface area contributed by atoms with Crippen molar-refractivity contribution >= 4 is 11.8 Å². The van der Waals surface area contributed by atoms with Gasteiger partial charge in [0.2, 0.25) is 0 Å². The second-order valence-electron chi connectivity index (χ2n) is 5.59. The minimum absolute atomic E-state index is 0.373. The Labute approximate surface area is 119 Å². The summed E-state index contributed by atoms with van der Waals surface area (Å²) in [5, 5.41) is 3.53. The minimum Gasteiger partial charge on any atom is -0.308 e. The average Bonchev–Trinajstić information content (AvgIpc) is 3.20. The fourth-order valence-corrected chi connectivity index (χ4v) is 3.60. The van der Waals surface area contributed by atoms with Gasteiger partial charge in [-0.1, -0.05) is 0 Å². The monoisotopic (exact) mass is 278 g/mol. The van der Waals surface area contributed by atoms with E-state index in [0.717, 1.165) is 42.1 Å². The molecule has 0 bridgehead atoms. The first-order chi connectivity index (χ1) is 9.22. The van der Waals surface area contributed by atoms with Crippen LogP contribution in [0.4, 0.5) is 0 Å². The van der Waals surface area contributed by atoms with Crippen molar-refractivity contribution in [1.82, 2.24) is 20.2 Å². The molecule has 0 aromatic carbocycles. The van der Waals surface area contributed by atoms with Crippen LogP contribution < -0.4 is 5.32 Å². The molecule has 5 heteroatoms. The highest BCUT2D eigenvalue weighted by molar-refractivity contribution is 7.99. The highest BCUT2D eigenvalue weighted by Gasteiger charge is 2.24. The van der Waals surface area contributed by atoms with Crippen molar-refractivity contribution in [3.05, 3.63) is 23.3 Å². The van der Waals surface area contributed by atoms with Gasteiger partial charge in [-0.15, -0.1) is 0 Å².